The van der Waals surface area contributed by atoms with Crippen molar-refractivity contribution in [1.82, 2.24) is 4.90 Å². The number of carbonyl (C=O) groups excluding carboxylic acids is 1. The monoisotopic (exact) mass is 289 g/mol. The summed E-state index contributed by atoms with van der Waals surface area (Å²) in [4.78, 5) is 25.8. The largest absolute Gasteiger partial charge is 0.481 e. The number of carboxylic acid groups (broad SMARTS) is 1. The summed E-state index contributed by atoms with van der Waals surface area (Å²) in [7, 11) is 0. The molecule has 0 spiro atoms. The maximum absolute atomic E-state index is 12.5. The number of benzene rings is 1. The Morgan fingerprint density at radius 1 is 1.24 bits per heavy atom. The molecule has 1 aliphatic heterocycles. The second-order valence-electron chi connectivity index (χ2n) is 5.90. The summed E-state index contributed by atoms with van der Waals surface area (Å²) < 4.78 is 0. The van der Waals surface area contributed by atoms with Gasteiger partial charge in [-0.05, 0) is 31.7 Å². The molecular formula is C17H23NO3. The lowest BCUT2D eigenvalue weighted by molar-refractivity contribution is -0.154. The van der Waals surface area contributed by atoms with Gasteiger partial charge in [0.1, 0.15) is 0 Å². The molecule has 0 radical (unpaired) electrons. The van der Waals surface area contributed by atoms with Gasteiger partial charge in [-0.2, -0.15) is 0 Å². The van der Waals surface area contributed by atoms with Crippen molar-refractivity contribution < 1.29 is 14.7 Å². The number of carbonyl (C=O) groups is 2. The van der Waals surface area contributed by atoms with Crippen LogP contribution in [0, 0.1) is 5.41 Å². The van der Waals surface area contributed by atoms with Crippen molar-refractivity contribution in [1.29, 1.82) is 0 Å². The Morgan fingerprint density at radius 2 is 1.81 bits per heavy atom. The highest BCUT2D eigenvalue weighted by Gasteiger charge is 2.41. The summed E-state index contributed by atoms with van der Waals surface area (Å²) in [5.74, 6) is -0.811. The van der Waals surface area contributed by atoms with E-state index in [1.54, 1.807) is 0 Å². The Balaban J connectivity index is 2.02. The normalized spacial score (nSPS) is 19.0. The molecule has 1 fully saturated rings. The van der Waals surface area contributed by atoms with Crippen LogP contribution in [-0.2, 0) is 9.59 Å². The van der Waals surface area contributed by atoms with Crippen molar-refractivity contribution in [3.05, 3.63) is 35.9 Å². The molecule has 1 aliphatic rings. The van der Waals surface area contributed by atoms with Gasteiger partial charge in [-0.3, -0.25) is 9.59 Å². The summed E-state index contributed by atoms with van der Waals surface area (Å²) in [6, 6.07) is 9.72. The van der Waals surface area contributed by atoms with E-state index in [0.717, 1.165) is 5.56 Å². The number of carboxylic acids is 1. The maximum Gasteiger partial charge on any atom is 0.309 e. The summed E-state index contributed by atoms with van der Waals surface area (Å²) in [5.41, 5.74) is 0.361. The molecule has 0 aromatic heterocycles. The van der Waals surface area contributed by atoms with Crippen LogP contribution in [0.25, 0.3) is 0 Å². The van der Waals surface area contributed by atoms with Gasteiger partial charge in [0, 0.05) is 13.1 Å². The molecule has 2 rings (SSSR count). The van der Waals surface area contributed by atoms with E-state index in [1.165, 1.54) is 0 Å². The molecule has 0 aliphatic carbocycles. The summed E-state index contributed by atoms with van der Waals surface area (Å²) in [5, 5.41) is 9.40. The van der Waals surface area contributed by atoms with E-state index in [2.05, 4.69) is 0 Å². The zero-order valence-corrected chi connectivity index (χ0v) is 12.7. The first-order valence-electron chi connectivity index (χ1n) is 7.57. The quantitative estimate of drug-likeness (QED) is 0.927. The fourth-order valence-corrected chi connectivity index (χ4v) is 3.03. The Labute approximate surface area is 125 Å². The molecule has 1 atom stereocenters. The third-order valence-corrected chi connectivity index (χ3v) is 4.83. The summed E-state index contributed by atoms with van der Waals surface area (Å²) in [6.45, 7) is 4.90. The summed E-state index contributed by atoms with van der Waals surface area (Å²) in [6.07, 6.45) is 1.72. The number of likely N-dealkylation sites (tertiary alicyclic amines) is 1. The van der Waals surface area contributed by atoms with Gasteiger partial charge in [-0.15, -0.1) is 0 Å². The summed E-state index contributed by atoms with van der Waals surface area (Å²) >= 11 is 0. The van der Waals surface area contributed by atoms with Crippen LogP contribution in [0.4, 0.5) is 0 Å². The predicted octanol–water partition coefficient (Wildman–Crippen LogP) is 2.89. The van der Waals surface area contributed by atoms with Gasteiger partial charge in [-0.1, -0.05) is 37.3 Å². The molecule has 4 heteroatoms. The van der Waals surface area contributed by atoms with E-state index < -0.39 is 11.4 Å². The highest BCUT2D eigenvalue weighted by molar-refractivity contribution is 5.84. The van der Waals surface area contributed by atoms with Crippen LogP contribution in [0.15, 0.2) is 30.3 Å². The molecule has 1 unspecified atom stereocenters. The van der Waals surface area contributed by atoms with Gasteiger partial charge < -0.3 is 10.0 Å². The number of piperidine rings is 1. The Bertz CT molecular complexity index is 504. The highest BCUT2D eigenvalue weighted by atomic mass is 16.4. The Hall–Kier alpha value is -1.84. The van der Waals surface area contributed by atoms with Crippen LogP contribution < -0.4 is 0 Å². The lowest BCUT2D eigenvalue weighted by atomic mass is 9.76. The first-order valence-corrected chi connectivity index (χ1v) is 7.57. The van der Waals surface area contributed by atoms with Gasteiger partial charge in [0.05, 0.1) is 11.3 Å². The molecular weight excluding hydrogens is 266 g/mol. The lowest BCUT2D eigenvalue weighted by Crippen LogP contribution is -2.47. The van der Waals surface area contributed by atoms with E-state index in [9.17, 15) is 14.7 Å². The standard InChI is InChI=1S/C17H23NO3/c1-3-17(16(20)21)9-11-18(12-10-17)15(19)13(2)14-7-5-4-6-8-14/h4-8,13H,3,9-12H2,1-2H3,(H,20,21). The number of hydrogen-bond acceptors (Lipinski definition) is 2. The van der Waals surface area contributed by atoms with Crippen LogP contribution in [0.5, 0.6) is 0 Å². The van der Waals surface area contributed by atoms with Gasteiger partial charge in [-0.25, -0.2) is 0 Å². The Kier molecular flexibility index (Phi) is 4.66. The third kappa shape index (κ3) is 3.09. The van der Waals surface area contributed by atoms with Gasteiger partial charge in [0.25, 0.3) is 0 Å². The predicted molar refractivity (Wildman–Crippen MR) is 81.0 cm³/mol. The van der Waals surface area contributed by atoms with Gasteiger partial charge >= 0.3 is 5.97 Å². The van der Waals surface area contributed by atoms with Crippen molar-refractivity contribution in [2.45, 2.75) is 39.0 Å². The lowest BCUT2D eigenvalue weighted by Gasteiger charge is -2.39. The van der Waals surface area contributed by atoms with Gasteiger partial charge in [0.15, 0.2) is 0 Å². The third-order valence-electron chi connectivity index (χ3n) is 4.83. The zero-order chi connectivity index (χ0) is 15.5. The average Bonchev–Trinajstić information content (AvgIpc) is 2.54. The highest BCUT2D eigenvalue weighted by Crippen LogP contribution is 2.36. The van der Waals surface area contributed by atoms with E-state index in [4.69, 9.17) is 0 Å². The topological polar surface area (TPSA) is 57.6 Å². The minimum Gasteiger partial charge on any atom is -0.481 e. The van der Waals surface area contributed by atoms with Crippen molar-refractivity contribution in [3.8, 4) is 0 Å². The first-order chi connectivity index (χ1) is 10.00. The molecule has 1 aromatic rings. The van der Waals surface area contributed by atoms with Crippen LogP contribution in [0.3, 0.4) is 0 Å². The molecule has 4 nitrogen and oxygen atoms in total. The van der Waals surface area contributed by atoms with Crippen LogP contribution in [-0.4, -0.2) is 35.0 Å². The van der Waals surface area contributed by atoms with E-state index in [1.807, 2.05) is 49.1 Å². The number of amides is 1. The Morgan fingerprint density at radius 3 is 2.29 bits per heavy atom. The fraction of sp³-hybridized carbons (Fsp3) is 0.529. The molecule has 114 valence electrons. The molecule has 1 aromatic carbocycles. The average molecular weight is 289 g/mol. The van der Waals surface area contributed by atoms with Crippen LogP contribution in [0.1, 0.15) is 44.6 Å². The number of rotatable bonds is 4. The minimum atomic E-state index is -0.729. The molecule has 0 saturated carbocycles. The molecule has 21 heavy (non-hydrogen) atoms. The van der Waals surface area contributed by atoms with Crippen molar-refractivity contribution >= 4 is 11.9 Å². The second-order valence-corrected chi connectivity index (χ2v) is 5.90. The fourth-order valence-electron chi connectivity index (χ4n) is 3.03. The van der Waals surface area contributed by atoms with E-state index in [0.29, 0.717) is 32.4 Å². The van der Waals surface area contributed by atoms with Crippen molar-refractivity contribution in [2.24, 2.45) is 5.41 Å². The van der Waals surface area contributed by atoms with Crippen LogP contribution >= 0.6 is 0 Å². The number of nitrogens with zero attached hydrogens (tertiary/aromatic N) is 1. The molecule has 1 saturated heterocycles. The molecule has 1 amide bonds. The maximum atomic E-state index is 12.5. The minimum absolute atomic E-state index is 0.0938. The second kappa shape index (κ2) is 6.29. The molecule has 1 N–H and O–H groups in total. The SMILES string of the molecule is CCC1(C(=O)O)CCN(C(=O)C(C)c2ccccc2)CC1. The van der Waals surface area contributed by atoms with Gasteiger partial charge in [0.2, 0.25) is 5.91 Å². The van der Waals surface area contributed by atoms with Crippen molar-refractivity contribution in [3.63, 3.8) is 0 Å². The first kappa shape index (κ1) is 15.5. The molecule has 1 heterocycles. The smallest absolute Gasteiger partial charge is 0.309 e. The zero-order valence-electron chi connectivity index (χ0n) is 12.7. The molecule has 0 bridgehead atoms. The van der Waals surface area contributed by atoms with Crippen molar-refractivity contribution in [2.75, 3.05) is 13.1 Å². The van der Waals surface area contributed by atoms with Crippen LogP contribution in [0.2, 0.25) is 0 Å². The number of aliphatic carboxylic acids is 1. The number of hydrogen-bond donors (Lipinski definition) is 1. The van der Waals surface area contributed by atoms with E-state index in [-0.39, 0.29) is 11.8 Å². The van der Waals surface area contributed by atoms with E-state index >= 15 is 0 Å².